The minimum Gasteiger partial charge on any atom is -0.299 e. The highest BCUT2D eigenvalue weighted by molar-refractivity contribution is 7.97. The Morgan fingerprint density at radius 1 is 1.00 bits per heavy atom. The standard InChI is InChI=1S/C22H28N2OS/c1-2-3-14-23(17-19-10-5-4-6-11-19)15-9-16-24-18-21(25)20-12-7-8-13-22(20)26-24/h4-8,10-13H,2-3,9,14-18H2,1H3. The molecule has 3 rings (SSSR count). The van der Waals surface area contributed by atoms with Gasteiger partial charge in [-0.1, -0.05) is 61.9 Å². The van der Waals surface area contributed by atoms with Crippen molar-refractivity contribution in [3.8, 4) is 0 Å². The maximum Gasteiger partial charge on any atom is 0.178 e. The van der Waals surface area contributed by atoms with Crippen molar-refractivity contribution in [2.45, 2.75) is 37.6 Å². The molecule has 2 aromatic carbocycles. The molecule has 0 N–H and O–H groups in total. The van der Waals surface area contributed by atoms with E-state index in [1.807, 2.05) is 24.3 Å². The van der Waals surface area contributed by atoms with E-state index < -0.39 is 0 Å². The molecule has 0 saturated carbocycles. The molecule has 0 aromatic heterocycles. The highest BCUT2D eigenvalue weighted by Crippen LogP contribution is 2.31. The van der Waals surface area contributed by atoms with Gasteiger partial charge in [0, 0.05) is 23.5 Å². The molecule has 0 saturated heterocycles. The van der Waals surface area contributed by atoms with Crippen molar-refractivity contribution in [1.29, 1.82) is 0 Å². The van der Waals surface area contributed by atoms with Crippen molar-refractivity contribution in [2.24, 2.45) is 0 Å². The van der Waals surface area contributed by atoms with Gasteiger partial charge in [-0.05, 0) is 49.5 Å². The van der Waals surface area contributed by atoms with E-state index in [1.165, 1.54) is 18.4 Å². The molecule has 1 heterocycles. The molecule has 0 radical (unpaired) electrons. The second-order valence-corrected chi connectivity index (χ2v) is 7.98. The van der Waals surface area contributed by atoms with E-state index in [4.69, 9.17) is 0 Å². The summed E-state index contributed by atoms with van der Waals surface area (Å²) >= 11 is 1.73. The minimum absolute atomic E-state index is 0.242. The summed E-state index contributed by atoms with van der Waals surface area (Å²) in [4.78, 5) is 15.9. The second-order valence-electron chi connectivity index (χ2n) is 6.84. The first-order chi connectivity index (χ1) is 12.8. The fourth-order valence-electron chi connectivity index (χ4n) is 3.28. The third-order valence-electron chi connectivity index (χ3n) is 4.69. The Balaban J connectivity index is 1.50. The van der Waals surface area contributed by atoms with Crippen molar-refractivity contribution in [3.05, 3.63) is 65.7 Å². The normalized spacial score (nSPS) is 14.6. The summed E-state index contributed by atoms with van der Waals surface area (Å²) in [5.41, 5.74) is 2.25. The van der Waals surface area contributed by atoms with Gasteiger partial charge in [0.15, 0.2) is 5.78 Å². The van der Waals surface area contributed by atoms with Crippen molar-refractivity contribution in [3.63, 3.8) is 0 Å². The molecular weight excluding hydrogens is 340 g/mol. The summed E-state index contributed by atoms with van der Waals surface area (Å²) in [5.74, 6) is 0.242. The molecule has 138 valence electrons. The number of hydrogen-bond donors (Lipinski definition) is 0. The predicted molar refractivity (Wildman–Crippen MR) is 109 cm³/mol. The number of nitrogens with zero attached hydrogens (tertiary/aromatic N) is 2. The Kier molecular flexibility index (Phi) is 7.30. The fraction of sp³-hybridized carbons (Fsp3) is 0.409. The van der Waals surface area contributed by atoms with Crippen LogP contribution in [0.5, 0.6) is 0 Å². The number of hydrogen-bond acceptors (Lipinski definition) is 4. The van der Waals surface area contributed by atoms with Crippen molar-refractivity contribution in [2.75, 3.05) is 26.2 Å². The lowest BCUT2D eigenvalue weighted by atomic mass is 10.1. The van der Waals surface area contributed by atoms with Gasteiger partial charge in [0.05, 0.1) is 6.54 Å². The zero-order valence-corrected chi connectivity index (χ0v) is 16.4. The van der Waals surface area contributed by atoms with Crippen molar-refractivity contribution < 1.29 is 4.79 Å². The lowest BCUT2D eigenvalue weighted by molar-refractivity contribution is 0.0961. The number of fused-ring (bicyclic) bond motifs is 1. The molecule has 0 bridgehead atoms. The van der Waals surface area contributed by atoms with Gasteiger partial charge < -0.3 is 0 Å². The first-order valence-corrected chi connectivity index (χ1v) is 10.3. The maximum absolute atomic E-state index is 12.3. The molecule has 4 heteroatoms. The number of benzene rings is 2. The summed E-state index contributed by atoms with van der Waals surface area (Å²) in [6, 6.07) is 18.6. The highest BCUT2D eigenvalue weighted by atomic mass is 32.2. The Morgan fingerprint density at radius 2 is 1.73 bits per heavy atom. The number of rotatable bonds is 9. The number of Topliss-reactive ketones (excluding diaryl/α,β-unsaturated/α-hetero) is 1. The summed E-state index contributed by atoms with van der Waals surface area (Å²) in [5, 5.41) is 0. The van der Waals surface area contributed by atoms with Gasteiger partial charge in [0.25, 0.3) is 0 Å². The van der Waals surface area contributed by atoms with Crippen LogP contribution >= 0.6 is 11.9 Å². The van der Waals surface area contributed by atoms with E-state index in [2.05, 4.69) is 46.5 Å². The molecule has 0 aliphatic carbocycles. The molecule has 1 aliphatic rings. The molecule has 0 atom stereocenters. The van der Waals surface area contributed by atoms with E-state index in [0.717, 1.165) is 43.1 Å². The monoisotopic (exact) mass is 368 g/mol. The average molecular weight is 369 g/mol. The molecule has 3 nitrogen and oxygen atoms in total. The largest absolute Gasteiger partial charge is 0.299 e. The molecule has 0 unspecified atom stereocenters. The Bertz CT molecular complexity index is 704. The predicted octanol–water partition coefficient (Wildman–Crippen LogP) is 4.88. The van der Waals surface area contributed by atoms with E-state index in [1.54, 1.807) is 11.9 Å². The number of carbonyl (C=O) groups excluding carboxylic acids is 1. The van der Waals surface area contributed by atoms with Crippen LogP contribution in [0.2, 0.25) is 0 Å². The maximum atomic E-state index is 12.3. The highest BCUT2D eigenvalue weighted by Gasteiger charge is 2.23. The zero-order valence-electron chi connectivity index (χ0n) is 15.6. The average Bonchev–Trinajstić information content (AvgIpc) is 2.67. The van der Waals surface area contributed by atoms with Crippen LogP contribution < -0.4 is 0 Å². The van der Waals surface area contributed by atoms with Crippen LogP contribution in [0.25, 0.3) is 0 Å². The summed E-state index contributed by atoms with van der Waals surface area (Å²) in [6.07, 6.45) is 3.54. The van der Waals surface area contributed by atoms with Gasteiger partial charge in [-0.2, -0.15) is 0 Å². The molecule has 26 heavy (non-hydrogen) atoms. The number of carbonyl (C=O) groups is 1. The SMILES string of the molecule is CCCCN(CCCN1CC(=O)c2ccccc2S1)Cc1ccccc1. The van der Waals surface area contributed by atoms with E-state index in [-0.39, 0.29) is 5.78 Å². The van der Waals surface area contributed by atoms with Gasteiger partial charge in [0.2, 0.25) is 0 Å². The van der Waals surface area contributed by atoms with Crippen LogP contribution in [0.1, 0.15) is 42.1 Å². The Morgan fingerprint density at radius 3 is 2.54 bits per heavy atom. The summed E-state index contributed by atoms with van der Waals surface area (Å²) in [7, 11) is 0. The van der Waals surface area contributed by atoms with Crippen molar-refractivity contribution in [1.82, 2.24) is 9.21 Å². The third-order valence-corrected chi connectivity index (χ3v) is 5.82. The lowest BCUT2D eigenvalue weighted by Gasteiger charge is -2.28. The summed E-state index contributed by atoms with van der Waals surface area (Å²) in [6.45, 7) is 6.93. The number of unbranched alkanes of at least 4 members (excludes halogenated alkanes) is 1. The second kappa shape index (κ2) is 9.91. The topological polar surface area (TPSA) is 23.6 Å². The van der Waals surface area contributed by atoms with Gasteiger partial charge in [-0.25, -0.2) is 4.31 Å². The number of ketones is 1. The minimum atomic E-state index is 0.242. The Hall–Kier alpha value is -1.62. The molecule has 0 amide bonds. The van der Waals surface area contributed by atoms with Gasteiger partial charge in [0.1, 0.15) is 0 Å². The van der Waals surface area contributed by atoms with Crippen LogP contribution in [0, 0.1) is 0 Å². The van der Waals surface area contributed by atoms with E-state index in [9.17, 15) is 4.79 Å². The zero-order chi connectivity index (χ0) is 18.2. The van der Waals surface area contributed by atoms with Crippen LogP contribution in [0.4, 0.5) is 0 Å². The van der Waals surface area contributed by atoms with E-state index in [0.29, 0.717) is 6.54 Å². The van der Waals surface area contributed by atoms with Gasteiger partial charge >= 0.3 is 0 Å². The molecule has 0 fully saturated rings. The van der Waals surface area contributed by atoms with Crippen LogP contribution in [0.3, 0.4) is 0 Å². The quantitative estimate of drug-likeness (QED) is 0.588. The van der Waals surface area contributed by atoms with Crippen molar-refractivity contribution >= 4 is 17.7 Å². The van der Waals surface area contributed by atoms with Gasteiger partial charge in [-0.15, -0.1) is 0 Å². The first-order valence-electron chi connectivity index (χ1n) is 9.57. The van der Waals surface area contributed by atoms with Crippen LogP contribution in [-0.4, -0.2) is 41.2 Å². The lowest BCUT2D eigenvalue weighted by Crippen LogP contribution is -2.32. The smallest absolute Gasteiger partial charge is 0.178 e. The molecule has 0 spiro atoms. The summed E-state index contributed by atoms with van der Waals surface area (Å²) < 4.78 is 2.21. The molecule has 2 aromatic rings. The third kappa shape index (κ3) is 5.44. The Labute approximate surface area is 161 Å². The van der Waals surface area contributed by atoms with Crippen LogP contribution in [-0.2, 0) is 6.54 Å². The van der Waals surface area contributed by atoms with E-state index >= 15 is 0 Å². The molecular formula is C22H28N2OS. The molecule has 1 aliphatic heterocycles. The van der Waals surface area contributed by atoms with Crippen LogP contribution in [0.15, 0.2) is 59.5 Å². The first kappa shape index (κ1) is 19.2. The van der Waals surface area contributed by atoms with Gasteiger partial charge in [-0.3, -0.25) is 9.69 Å². The fourth-order valence-corrected chi connectivity index (χ4v) is 4.38.